The maximum Gasteiger partial charge on any atom is 0.519 e. The Hall–Kier alpha value is -7.65. The summed E-state index contributed by atoms with van der Waals surface area (Å²) in [4.78, 5) is 111. The van der Waals surface area contributed by atoms with Gasteiger partial charge in [-0.3, -0.25) is 29.1 Å². The van der Waals surface area contributed by atoms with Crippen LogP contribution in [0.3, 0.4) is 0 Å². The van der Waals surface area contributed by atoms with E-state index in [0.717, 1.165) is 19.3 Å². The van der Waals surface area contributed by atoms with E-state index >= 15 is 0 Å². The van der Waals surface area contributed by atoms with Crippen LogP contribution >= 0.6 is 23.2 Å². The van der Waals surface area contributed by atoms with Gasteiger partial charge in [0.25, 0.3) is 0 Å². The summed E-state index contributed by atoms with van der Waals surface area (Å²) >= 11 is 12.4. The Kier molecular flexibility index (Phi) is 27.9. The van der Waals surface area contributed by atoms with Crippen molar-refractivity contribution in [3.05, 3.63) is 82.6 Å². The summed E-state index contributed by atoms with van der Waals surface area (Å²) in [7, 11) is 0. The Morgan fingerprint density at radius 3 is 1.44 bits per heavy atom. The van der Waals surface area contributed by atoms with Crippen LogP contribution in [0.1, 0.15) is 152 Å². The topological polar surface area (TPSA) is 316 Å². The number of carbonyl (C=O) groups excluding carboxylic acids is 7. The number of likely N-dealkylation sites (tertiary alicyclic amines) is 1. The minimum absolute atomic E-state index is 0.00169. The van der Waals surface area contributed by atoms with Crippen molar-refractivity contribution in [3.8, 4) is 0 Å². The van der Waals surface area contributed by atoms with E-state index < -0.39 is 70.8 Å². The fraction of sp³-hybridized carbons (Fsp3) is 0.561. The molecule has 4 unspecified atom stereocenters. The van der Waals surface area contributed by atoms with Crippen LogP contribution in [0.2, 0.25) is 10.3 Å². The van der Waals surface area contributed by atoms with Crippen molar-refractivity contribution < 1.29 is 70.8 Å². The second-order valence-corrected chi connectivity index (χ2v) is 23.2. The Morgan fingerprint density at radius 1 is 0.581 bits per heavy atom. The van der Waals surface area contributed by atoms with Crippen molar-refractivity contribution >= 4 is 88.4 Å². The van der Waals surface area contributed by atoms with E-state index in [1.165, 1.54) is 54.2 Å². The zero-order chi connectivity index (χ0) is 63.8. The lowest BCUT2D eigenvalue weighted by molar-refractivity contribution is -0.145. The second kappa shape index (κ2) is 33.9. The number of piperidine rings is 2. The highest BCUT2D eigenvalue weighted by molar-refractivity contribution is 6.33. The molecule has 0 spiro atoms. The first kappa shape index (κ1) is 70.8. The molecule has 6 rings (SSSR count). The molecule has 2 aliphatic heterocycles. The number of rotatable bonds is 18. The summed E-state index contributed by atoms with van der Waals surface area (Å²) in [5.74, 6) is -1.89. The van der Waals surface area contributed by atoms with Crippen molar-refractivity contribution in [2.24, 2.45) is 0 Å². The molecule has 5 N–H and O–H groups in total. The quantitative estimate of drug-likeness (QED) is 0.0267. The number of anilines is 4. The van der Waals surface area contributed by atoms with Gasteiger partial charge < -0.3 is 59.9 Å². The van der Waals surface area contributed by atoms with E-state index in [0.29, 0.717) is 25.9 Å². The van der Waals surface area contributed by atoms with Gasteiger partial charge >= 0.3 is 30.3 Å². The predicted octanol–water partition coefficient (Wildman–Crippen LogP) is 10.7. The third-order valence-corrected chi connectivity index (χ3v) is 12.5. The maximum absolute atomic E-state index is 14.0. The number of nitrogens with one attached hydrogen (secondary N) is 5. The molecule has 25 nitrogen and oxygen atoms in total. The van der Waals surface area contributed by atoms with Gasteiger partial charge in [0.05, 0.1) is 50.5 Å². The molecule has 472 valence electrons. The summed E-state index contributed by atoms with van der Waals surface area (Å²) in [6.45, 7) is 19.4. The number of amides is 3. The zero-order valence-electron chi connectivity index (χ0n) is 50.3. The molecule has 0 radical (unpaired) electrons. The van der Waals surface area contributed by atoms with Gasteiger partial charge in [-0.05, 0) is 133 Å². The van der Waals surface area contributed by atoms with Gasteiger partial charge in [-0.2, -0.15) is 0 Å². The normalized spacial score (nSPS) is 16.7. The van der Waals surface area contributed by atoms with Gasteiger partial charge in [0.1, 0.15) is 52.5 Å². The predicted molar refractivity (Wildman–Crippen MR) is 314 cm³/mol. The molecule has 0 bridgehead atoms. The van der Waals surface area contributed by atoms with E-state index in [4.69, 9.17) is 46.9 Å². The van der Waals surface area contributed by atoms with Gasteiger partial charge in [0.2, 0.25) is 11.8 Å². The maximum atomic E-state index is 14.0. The fourth-order valence-corrected chi connectivity index (χ4v) is 8.88. The molecule has 4 atom stereocenters. The largest absolute Gasteiger partial charge is 0.519 e. The smallest absolute Gasteiger partial charge is 0.466 e. The molecule has 86 heavy (non-hydrogen) atoms. The SMILES string of the molecule is CC(C)(C)OC(=O)OC(=O)OC(C)(C)C.CCOC(=O)CC1CCCC(CC(=O)Nc2c(Cl)ncnc2NCc2ncccc2F)N1.CCOC(=O)CC1CCCC(CC(=O)Nc2c(Cl)ncnc2NCc2ncccc2F)N1C(=O)OC(C)(C)C. The van der Waals surface area contributed by atoms with Crippen LogP contribution in [0, 0.1) is 11.6 Å². The highest BCUT2D eigenvalue weighted by atomic mass is 35.5. The number of hydrogen-bond donors (Lipinski definition) is 5. The molecule has 3 amide bonds. The van der Waals surface area contributed by atoms with E-state index in [9.17, 15) is 42.3 Å². The van der Waals surface area contributed by atoms with E-state index in [2.05, 4.69) is 61.2 Å². The Labute approximate surface area is 508 Å². The first-order chi connectivity index (χ1) is 40.4. The number of carbonyl (C=O) groups is 7. The lowest BCUT2D eigenvalue weighted by Crippen LogP contribution is -2.53. The Balaban J connectivity index is 0.000000302. The second-order valence-electron chi connectivity index (χ2n) is 22.5. The molecule has 2 aliphatic rings. The first-order valence-electron chi connectivity index (χ1n) is 27.9. The van der Waals surface area contributed by atoms with Crippen molar-refractivity contribution in [1.29, 1.82) is 0 Å². The van der Waals surface area contributed by atoms with E-state index in [1.807, 2.05) is 0 Å². The van der Waals surface area contributed by atoms with Gasteiger partial charge in [-0.15, -0.1) is 0 Å². The van der Waals surface area contributed by atoms with Crippen molar-refractivity contribution in [2.45, 2.75) is 194 Å². The summed E-state index contributed by atoms with van der Waals surface area (Å²) < 4.78 is 57.4. The lowest BCUT2D eigenvalue weighted by Gasteiger charge is -2.42. The fourth-order valence-electron chi connectivity index (χ4n) is 8.52. The highest BCUT2D eigenvalue weighted by Gasteiger charge is 2.39. The van der Waals surface area contributed by atoms with E-state index in [-0.39, 0.29) is 114 Å². The first-order valence-corrected chi connectivity index (χ1v) is 28.7. The molecule has 2 fully saturated rings. The van der Waals surface area contributed by atoms with Crippen LogP contribution in [0.15, 0.2) is 49.3 Å². The minimum Gasteiger partial charge on any atom is -0.466 e. The molecular weight excluding hydrogens is 1170 g/mol. The zero-order valence-corrected chi connectivity index (χ0v) is 51.8. The number of nitrogens with zero attached hydrogens (tertiary/aromatic N) is 7. The minimum atomic E-state index is -1.06. The molecule has 2 saturated heterocycles. The number of aromatic nitrogens is 6. The number of halogens is 4. The van der Waals surface area contributed by atoms with Gasteiger partial charge in [0.15, 0.2) is 21.9 Å². The molecule has 0 saturated carbocycles. The Bertz CT molecular complexity index is 2910. The van der Waals surface area contributed by atoms with Crippen LogP contribution in [0.25, 0.3) is 0 Å². The highest BCUT2D eigenvalue weighted by Crippen LogP contribution is 2.32. The number of pyridine rings is 2. The average molecular weight is 1250 g/mol. The molecule has 4 aromatic heterocycles. The van der Waals surface area contributed by atoms with Crippen molar-refractivity contribution in [3.63, 3.8) is 0 Å². The molecule has 0 aromatic carbocycles. The van der Waals surface area contributed by atoms with Crippen LogP contribution in [0.5, 0.6) is 0 Å². The van der Waals surface area contributed by atoms with Crippen LogP contribution in [0.4, 0.5) is 46.2 Å². The summed E-state index contributed by atoms with van der Waals surface area (Å²) in [5, 5.41) is 14.7. The summed E-state index contributed by atoms with van der Waals surface area (Å²) in [6, 6.07) is 4.48. The number of ether oxygens (including phenoxy) is 6. The van der Waals surface area contributed by atoms with Crippen molar-refractivity contribution in [2.75, 3.05) is 34.5 Å². The van der Waals surface area contributed by atoms with Crippen molar-refractivity contribution in [1.82, 2.24) is 40.1 Å². The van der Waals surface area contributed by atoms with Gasteiger partial charge in [0, 0.05) is 49.4 Å². The average Bonchev–Trinajstić information content (AvgIpc) is 3.02. The number of hydrogen-bond acceptors (Lipinski definition) is 22. The number of esters is 2. The van der Waals surface area contributed by atoms with Crippen LogP contribution in [-0.4, -0.2) is 131 Å². The van der Waals surface area contributed by atoms with Crippen LogP contribution in [-0.2, 0) is 60.7 Å². The molecule has 6 heterocycles. The summed E-state index contributed by atoms with van der Waals surface area (Å²) in [6.07, 6.45) is 7.48. The molecule has 29 heteroatoms. The third kappa shape index (κ3) is 25.9. The summed E-state index contributed by atoms with van der Waals surface area (Å²) in [5.41, 5.74) is -1.46. The lowest BCUT2D eigenvalue weighted by atomic mass is 9.92. The van der Waals surface area contributed by atoms with E-state index in [1.54, 1.807) is 76.2 Å². The molecular formula is C57H78Cl2F2N12O13. The molecule has 4 aromatic rings. The standard InChI is InChI=1S/C26H34ClFN6O5.C21H26ClFN6O3.C10H18O5/c1-5-38-21(36)13-17-9-6-8-16(34(17)25(37)39-26(2,3)4)12-20(35)33-22-23(27)31-15-32-24(22)30-14-19-18(28)10-7-11-29-19;1-2-32-18(31)10-14-6-3-5-13(28-14)9-17(30)29-19-20(22)26-12-27-21(19)25-11-16-15(23)7-4-8-24-16;1-9(2,3)14-7(11)13-8(12)15-10(4,5)6/h7,10-11,15-17H,5-6,8-9,12-14H2,1-4H3,(H,33,35)(H,30,31,32);4,7-8,12-14,28H,2-3,5-6,9-11H2,1H3,(H,29,30)(H,25,26,27);1-6H3. The van der Waals surface area contributed by atoms with Crippen LogP contribution < -0.4 is 26.6 Å². The van der Waals surface area contributed by atoms with Gasteiger partial charge in [-0.1, -0.05) is 29.6 Å². The Morgan fingerprint density at radius 2 is 1.00 bits per heavy atom. The monoisotopic (exact) mass is 1250 g/mol. The molecule has 0 aliphatic carbocycles. The third-order valence-electron chi connectivity index (χ3n) is 11.9. The van der Waals surface area contributed by atoms with Gasteiger partial charge in [-0.25, -0.2) is 43.1 Å².